The summed E-state index contributed by atoms with van der Waals surface area (Å²) in [6.45, 7) is 9.54. The number of hydrogen-bond donors (Lipinski definition) is 0. The second kappa shape index (κ2) is 2.10. The summed E-state index contributed by atoms with van der Waals surface area (Å²) < 4.78 is 5.14. The summed E-state index contributed by atoms with van der Waals surface area (Å²) in [7, 11) is 0. The molecule has 0 spiro atoms. The van der Waals surface area contributed by atoms with Crippen molar-refractivity contribution in [1.29, 1.82) is 0 Å². The molecule has 0 unspecified atom stereocenters. The zero-order chi connectivity index (χ0) is 8.70. The fraction of sp³-hybridized carbons (Fsp3) is 0.667. The van der Waals surface area contributed by atoms with E-state index in [0.29, 0.717) is 6.42 Å². The highest BCUT2D eigenvalue weighted by atomic mass is 16.6. The minimum Gasteiger partial charge on any atom is -0.459 e. The lowest BCUT2D eigenvalue weighted by Crippen LogP contribution is -2.35. The Hall–Kier alpha value is -0.790. The van der Waals surface area contributed by atoms with Gasteiger partial charge in [-0.05, 0) is 13.8 Å². The monoisotopic (exact) mass is 154 g/mol. The summed E-state index contributed by atoms with van der Waals surface area (Å²) in [6.07, 6.45) is 2.25. The van der Waals surface area contributed by atoms with Gasteiger partial charge in [0.05, 0.1) is 6.42 Å². The van der Waals surface area contributed by atoms with E-state index in [1.54, 1.807) is 6.08 Å². The second-order valence-corrected chi connectivity index (χ2v) is 3.78. The average Bonchev–Trinajstić information content (AvgIpc) is 2.03. The quantitative estimate of drug-likeness (QED) is 0.426. The van der Waals surface area contributed by atoms with Crippen molar-refractivity contribution in [2.45, 2.75) is 32.8 Å². The normalized spacial score (nSPS) is 35.0. The molecule has 1 saturated heterocycles. The zero-order valence-corrected chi connectivity index (χ0v) is 7.31. The van der Waals surface area contributed by atoms with E-state index in [9.17, 15) is 4.79 Å². The third kappa shape index (κ3) is 1.06. The largest absolute Gasteiger partial charge is 0.459 e. The number of carbonyl (C=O) groups is 1. The van der Waals surface area contributed by atoms with Gasteiger partial charge in [0.2, 0.25) is 0 Å². The zero-order valence-electron chi connectivity index (χ0n) is 7.31. The number of cyclic esters (lactones) is 1. The van der Waals surface area contributed by atoms with Crippen molar-refractivity contribution < 1.29 is 9.53 Å². The molecular formula is C9H14O2. The summed E-state index contributed by atoms with van der Waals surface area (Å²) in [5, 5.41) is 0. The summed E-state index contributed by atoms with van der Waals surface area (Å²) in [5.74, 6) is -0.127. The standard InChI is InChI=1S/C9H14O2/c1-5-9(4)6-7(10)11-8(9,2)3/h5H,1,6H2,2-4H3/t9-/m0/s1. The Balaban J connectivity index is 2.98. The van der Waals surface area contributed by atoms with E-state index in [1.165, 1.54) is 0 Å². The number of hydrogen-bond acceptors (Lipinski definition) is 2. The number of ether oxygens (including phenoxy) is 1. The van der Waals surface area contributed by atoms with Crippen LogP contribution in [0.2, 0.25) is 0 Å². The molecule has 1 aliphatic heterocycles. The Bertz CT molecular complexity index is 206. The summed E-state index contributed by atoms with van der Waals surface area (Å²) in [6, 6.07) is 0. The number of rotatable bonds is 1. The van der Waals surface area contributed by atoms with Crippen molar-refractivity contribution in [3.63, 3.8) is 0 Å². The molecule has 62 valence electrons. The van der Waals surface area contributed by atoms with E-state index in [2.05, 4.69) is 6.58 Å². The summed E-state index contributed by atoms with van der Waals surface area (Å²) in [4.78, 5) is 11.0. The summed E-state index contributed by atoms with van der Waals surface area (Å²) in [5.41, 5.74) is -0.601. The van der Waals surface area contributed by atoms with Crippen LogP contribution in [0, 0.1) is 5.41 Å². The minimum atomic E-state index is -0.397. The van der Waals surface area contributed by atoms with Crippen LogP contribution in [-0.4, -0.2) is 11.6 Å². The maximum Gasteiger partial charge on any atom is 0.307 e. The molecule has 1 rings (SSSR count). The van der Waals surface area contributed by atoms with Gasteiger partial charge < -0.3 is 4.74 Å². The van der Waals surface area contributed by atoms with Gasteiger partial charge in [-0.2, -0.15) is 0 Å². The van der Waals surface area contributed by atoms with Crippen LogP contribution in [0.4, 0.5) is 0 Å². The predicted molar refractivity (Wildman–Crippen MR) is 43.1 cm³/mol. The Morgan fingerprint density at radius 3 is 2.27 bits per heavy atom. The minimum absolute atomic E-state index is 0.127. The molecule has 0 aromatic rings. The van der Waals surface area contributed by atoms with E-state index >= 15 is 0 Å². The lowest BCUT2D eigenvalue weighted by Gasteiger charge is -2.31. The molecule has 2 nitrogen and oxygen atoms in total. The lowest BCUT2D eigenvalue weighted by molar-refractivity contribution is -0.147. The predicted octanol–water partition coefficient (Wildman–Crippen LogP) is 1.90. The lowest BCUT2D eigenvalue weighted by atomic mass is 9.75. The van der Waals surface area contributed by atoms with Crippen LogP contribution < -0.4 is 0 Å². The van der Waals surface area contributed by atoms with Crippen LogP contribution in [0.5, 0.6) is 0 Å². The Morgan fingerprint density at radius 2 is 2.09 bits per heavy atom. The molecule has 0 aromatic carbocycles. The third-order valence-electron chi connectivity index (χ3n) is 2.71. The van der Waals surface area contributed by atoms with Gasteiger partial charge in [-0.15, -0.1) is 6.58 Å². The van der Waals surface area contributed by atoms with Crippen LogP contribution in [0.3, 0.4) is 0 Å². The van der Waals surface area contributed by atoms with E-state index in [1.807, 2.05) is 20.8 Å². The molecule has 1 heterocycles. The molecule has 1 fully saturated rings. The Labute approximate surface area is 67.2 Å². The van der Waals surface area contributed by atoms with Crippen molar-refractivity contribution in [3.05, 3.63) is 12.7 Å². The van der Waals surface area contributed by atoms with Crippen molar-refractivity contribution >= 4 is 5.97 Å². The molecule has 1 atom stereocenters. The fourth-order valence-corrected chi connectivity index (χ4v) is 1.27. The highest BCUT2D eigenvalue weighted by Crippen LogP contribution is 2.44. The van der Waals surface area contributed by atoms with E-state index in [-0.39, 0.29) is 11.4 Å². The van der Waals surface area contributed by atoms with Crippen molar-refractivity contribution in [2.75, 3.05) is 0 Å². The van der Waals surface area contributed by atoms with Gasteiger partial charge in [0.25, 0.3) is 0 Å². The number of carbonyl (C=O) groups excluding carboxylic acids is 1. The van der Waals surface area contributed by atoms with Gasteiger partial charge in [-0.3, -0.25) is 4.79 Å². The maximum atomic E-state index is 11.0. The first-order chi connectivity index (χ1) is 4.91. The van der Waals surface area contributed by atoms with Crippen LogP contribution in [0.1, 0.15) is 27.2 Å². The van der Waals surface area contributed by atoms with Crippen molar-refractivity contribution in [2.24, 2.45) is 5.41 Å². The van der Waals surface area contributed by atoms with Crippen LogP contribution in [-0.2, 0) is 9.53 Å². The van der Waals surface area contributed by atoms with Crippen LogP contribution in [0.15, 0.2) is 12.7 Å². The molecular weight excluding hydrogens is 140 g/mol. The highest BCUT2D eigenvalue weighted by molar-refractivity contribution is 5.74. The molecule has 0 bridgehead atoms. The second-order valence-electron chi connectivity index (χ2n) is 3.78. The average molecular weight is 154 g/mol. The Morgan fingerprint density at radius 1 is 1.55 bits per heavy atom. The van der Waals surface area contributed by atoms with Gasteiger partial charge in [0.15, 0.2) is 0 Å². The molecule has 0 radical (unpaired) electrons. The maximum absolute atomic E-state index is 11.0. The van der Waals surface area contributed by atoms with E-state index < -0.39 is 5.60 Å². The third-order valence-corrected chi connectivity index (χ3v) is 2.71. The van der Waals surface area contributed by atoms with Gasteiger partial charge in [-0.25, -0.2) is 0 Å². The molecule has 2 heteroatoms. The van der Waals surface area contributed by atoms with Gasteiger partial charge in [0, 0.05) is 5.41 Å². The molecule has 11 heavy (non-hydrogen) atoms. The SMILES string of the molecule is C=C[C@@]1(C)CC(=O)OC1(C)C. The van der Waals surface area contributed by atoms with Crippen LogP contribution in [0.25, 0.3) is 0 Å². The smallest absolute Gasteiger partial charge is 0.307 e. The van der Waals surface area contributed by atoms with Crippen LogP contribution >= 0.6 is 0 Å². The molecule has 0 N–H and O–H groups in total. The summed E-state index contributed by atoms with van der Waals surface area (Å²) >= 11 is 0. The molecule has 0 amide bonds. The first-order valence-electron chi connectivity index (χ1n) is 3.77. The van der Waals surface area contributed by atoms with E-state index in [4.69, 9.17) is 4.74 Å². The first kappa shape index (κ1) is 8.31. The molecule has 0 saturated carbocycles. The first-order valence-corrected chi connectivity index (χ1v) is 3.77. The topological polar surface area (TPSA) is 26.3 Å². The van der Waals surface area contributed by atoms with Crippen molar-refractivity contribution in [1.82, 2.24) is 0 Å². The Kier molecular flexibility index (Phi) is 1.58. The fourth-order valence-electron chi connectivity index (χ4n) is 1.27. The number of esters is 1. The van der Waals surface area contributed by atoms with E-state index in [0.717, 1.165) is 0 Å². The van der Waals surface area contributed by atoms with Gasteiger partial charge >= 0.3 is 5.97 Å². The molecule has 0 aromatic heterocycles. The van der Waals surface area contributed by atoms with Gasteiger partial charge in [-0.1, -0.05) is 13.0 Å². The highest BCUT2D eigenvalue weighted by Gasteiger charge is 2.49. The van der Waals surface area contributed by atoms with Gasteiger partial charge in [0.1, 0.15) is 5.60 Å². The molecule has 0 aliphatic carbocycles. The molecule has 1 aliphatic rings. The van der Waals surface area contributed by atoms with Crippen molar-refractivity contribution in [3.8, 4) is 0 Å².